The Morgan fingerprint density at radius 2 is 1.83 bits per heavy atom. The van der Waals surface area contributed by atoms with Crippen LogP contribution >= 0.6 is 0 Å². The lowest BCUT2D eigenvalue weighted by Gasteiger charge is -2.38. The van der Waals surface area contributed by atoms with Crippen LogP contribution in [0.15, 0.2) is 73.1 Å². The first kappa shape index (κ1) is 24.1. The van der Waals surface area contributed by atoms with Crippen molar-refractivity contribution in [2.24, 2.45) is 0 Å². The minimum absolute atomic E-state index is 0.0668. The fraction of sp³-hybridized carbons (Fsp3) is 0.286. The van der Waals surface area contributed by atoms with E-state index in [0.29, 0.717) is 23.2 Å². The van der Waals surface area contributed by atoms with Gasteiger partial charge in [-0.15, -0.1) is 0 Å². The molecule has 1 amide bonds. The third kappa shape index (κ3) is 6.11. The minimum atomic E-state index is -0.337. The zero-order valence-corrected chi connectivity index (χ0v) is 19.8. The van der Waals surface area contributed by atoms with Gasteiger partial charge in [0.1, 0.15) is 0 Å². The van der Waals surface area contributed by atoms with Gasteiger partial charge < -0.3 is 9.64 Å². The lowest BCUT2D eigenvalue weighted by atomic mass is 10.00. The summed E-state index contributed by atoms with van der Waals surface area (Å²) in [5, 5.41) is 9.26. The van der Waals surface area contributed by atoms with Crippen molar-refractivity contribution in [2.45, 2.75) is 32.0 Å². The number of benzene rings is 2. The number of amides is 1. The fourth-order valence-electron chi connectivity index (χ4n) is 4.45. The summed E-state index contributed by atoms with van der Waals surface area (Å²) in [6.07, 6.45) is 5.22. The molecule has 0 saturated carbocycles. The van der Waals surface area contributed by atoms with Gasteiger partial charge in [-0.1, -0.05) is 24.3 Å². The summed E-state index contributed by atoms with van der Waals surface area (Å²) in [6, 6.07) is 20.4. The molecule has 0 unspecified atom stereocenters. The van der Waals surface area contributed by atoms with E-state index in [9.17, 15) is 14.9 Å². The number of nitrogens with zero attached hydrogens (tertiary/aromatic N) is 4. The van der Waals surface area contributed by atoms with Crippen molar-refractivity contribution in [2.75, 3.05) is 20.2 Å². The van der Waals surface area contributed by atoms with Crippen molar-refractivity contribution in [1.29, 1.82) is 5.26 Å². The predicted octanol–water partition coefficient (Wildman–Crippen LogP) is 4.05. The Morgan fingerprint density at radius 1 is 1.06 bits per heavy atom. The number of carbonyl (C=O) groups is 2. The Balaban J connectivity index is 1.44. The number of rotatable bonds is 7. The van der Waals surface area contributed by atoms with Crippen LogP contribution in [0.1, 0.15) is 50.2 Å². The molecule has 7 nitrogen and oxygen atoms in total. The first-order valence-corrected chi connectivity index (χ1v) is 11.7. The molecule has 1 saturated heterocycles. The van der Waals surface area contributed by atoms with E-state index in [-0.39, 0.29) is 17.9 Å². The monoisotopic (exact) mass is 468 g/mol. The van der Waals surface area contributed by atoms with E-state index >= 15 is 0 Å². The van der Waals surface area contributed by atoms with Gasteiger partial charge in [-0.05, 0) is 60.4 Å². The molecule has 1 aliphatic heterocycles. The maximum Gasteiger partial charge on any atom is 0.337 e. The largest absolute Gasteiger partial charge is 0.465 e. The van der Waals surface area contributed by atoms with Gasteiger partial charge >= 0.3 is 5.97 Å². The van der Waals surface area contributed by atoms with Crippen LogP contribution in [-0.2, 0) is 17.8 Å². The zero-order valence-electron chi connectivity index (χ0n) is 19.8. The normalized spacial score (nSPS) is 14.2. The SMILES string of the molecule is COC(=O)c1ccc(CN2CCC(N(Cc3cccnc3)C(=O)c3cccc(C#N)c3)CC2)cc1. The van der Waals surface area contributed by atoms with Gasteiger partial charge in [0.15, 0.2) is 0 Å². The van der Waals surface area contributed by atoms with Crippen molar-refractivity contribution in [3.8, 4) is 6.07 Å². The maximum atomic E-state index is 13.5. The number of aromatic nitrogens is 1. The summed E-state index contributed by atoms with van der Waals surface area (Å²) in [4.78, 5) is 33.7. The molecule has 0 atom stereocenters. The second kappa shape index (κ2) is 11.4. The lowest BCUT2D eigenvalue weighted by Crippen LogP contribution is -2.46. The highest BCUT2D eigenvalue weighted by Gasteiger charge is 2.29. The maximum absolute atomic E-state index is 13.5. The Hall–Kier alpha value is -4.02. The highest BCUT2D eigenvalue weighted by Crippen LogP contribution is 2.23. The number of nitriles is 1. The van der Waals surface area contributed by atoms with Gasteiger partial charge in [-0.3, -0.25) is 14.7 Å². The van der Waals surface area contributed by atoms with Crippen LogP contribution in [0.2, 0.25) is 0 Å². The molecular formula is C28H28N4O3. The van der Waals surface area contributed by atoms with Crippen LogP contribution in [0, 0.1) is 11.3 Å². The molecule has 1 aromatic heterocycles. The number of carbonyl (C=O) groups excluding carboxylic acids is 2. The summed E-state index contributed by atoms with van der Waals surface area (Å²) in [6.45, 7) is 2.98. The molecule has 2 heterocycles. The van der Waals surface area contributed by atoms with E-state index in [1.54, 1.807) is 48.8 Å². The molecule has 0 bridgehead atoms. The number of likely N-dealkylation sites (tertiary alicyclic amines) is 1. The number of methoxy groups -OCH3 is 1. The topological polar surface area (TPSA) is 86.5 Å². The average Bonchev–Trinajstić information content (AvgIpc) is 2.92. The van der Waals surface area contributed by atoms with E-state index in [2.05, 4.69) is 16.0 Å². The molecule has 1 fully saturated rings. The summed E-state index contributed by atoms with van der Waals surface area (Å²) in [5.41, 5.74) is 3.66. The quantitative estimate of drug-likeness (QED) is 0.487. The molecule has 35 heavy (non-hydrogen) atoms. The van der Waals surface area contributed by atoms with E-state index in [1.165, 1.54) is 7.11 Å². The summed E-state index contributed by atoms with van der Waals surface area (Å²) in [5.74, 6) is -0.404. The summed E-state index contributed by atoms with van der Waals surface area (Å²) < 4.78 is 4.77. The Morgan fingerprint density at radius 3 is 2.49 bits per heavy atom. The van der Waals surface area contributed by atoms with Crippen LogP contribution in [0.4, 0.5) is 0 Å². The van der Waals surface area contributed by atoms with Gasteiger partial charge in [0.05, 0.1) is 24.3 Å². The number of pyridine rings is 1. The number of piperidine rings is 1. The van der Waals surface area contributed by atoms with Crippen molar-refractivity contribution >= 4 is 11.9 Å². The van der Waals surface area contributed by atoms with Crippen molar-refractivity contribution < 1.29 is 14.3 Å². The Bertz CT molecular complexity index is 1200. The molecule has 4 rings (SSSR count). The number of esters is 1. The van der Waals surface area contributed by atoms with Crippen LogP contribution in [0.3, 0.4) is 0 Å². The van der Waals surface area contributed by atoms with Gasteiger partial charge in [0.25, 0.3) is 5.91 Å². The van der Waals surface area contributed by atoms with Crippen molar-refractivity contribution in [3.63, 3.8) is 0 Å². The van der Waals surface area contributed by atoms with Gasteiger partial charge in [-0.25, -0.2) is 4.79 Å². The molecule has 0 spiro atoms. The van der Waals surface area contributed by atoms with Crippen LogP contribution < -0.4 is 0 Å². The summed E-state index contributed by atoms with van der Waals surface area (Å²) >= 11 is 0. The Labute approximate surface area is 205 Å². The van der Waals surface area contributed by atoms with Crippen molar-refractivity contribution in [1.82, 2.24) is 14.8 Å². The molecule has 0 N–H and O–H groups in total. The van der Waals surface area contributed by atoms with Crippen molar-refractivity contribution in [3.05, 3.63) is 101 Å². The van der Waals surface area contributed by atoms with E-state index < -0.39 is 0 Å². The van der Waals surface area contributed by atoms with Crippen LogP contribution in [0.5, 0.6) is 0 Å². The number of ether oxygens (including phenoxy) is 1. The third-order valence-electron chi connectivity index (χ3n) is 6.35. The van der Waals surface area contributed by atoms with E-state index in [1.807, 2.05) is 29.2 Å². The first-order chi connectivity index (χ1) is 17.1. The van der Waals surface area contributed by atoms with Crippen LogP contribution in [-0.4, -0.2) is 52.9 Å². The highest BCUT2D eigenvalue weighted by atomic mass is 16.5. The lowest BCUT2D eigenvalue weighted by molar-refractivity contribution is 0.0541. The number of hydrogen-bond donors (Lipinski definition) is 0. The summed E-state index contributed by atoms with van der Waals surface area (Å²) in [7, 11) is 1.38. The smallest absolute Gasteiger partial charge is 0.337 e. The molecule has 1 aliphatic rings. The highest BCUT2D eigenvalue weighted by molar-refractivity contribution is 5.94. The van der Waals surface area contributed by atoms with E-state index in [0.717, 1.165) is 43.6 Å². The van der Waals surface area contributed by atoms with Crippen LogP contribution in [0.25, 0.3) is 0 Å². The second-order valence-corrected chi connectivity index (χ2v) is 8.68. The molecule has 0 aliphatic carbocycles. The average molecular weight is 469 g/mol. The molecule has 7 heteroatoms. The number of hydrogen-bond acceptors (Lipinski definition) is 6. The molecule has 0 radical (unpaired) electrons. The van der Waals surface area contributed by atoms with Gasteiger partial charge in [-0.2, -0.15) is 5.26 Å². The molecule has 178 valence electrons. The standard InChI is InChI=1S/C28H28N4O3/c1-35-28(34)24-9-7-21(8-10-24)19-31-14-11-26(12-15-31)32(20-23-5-3-13-30-18-23)27(33)25-6-2-4-22(16-25)17-29/h2-10,13,16,18,26H,11-12,14-15,19-20H2,1H3. The predicted molar refractivity (Wildman–Crippen MR) is 131 cm³/mol. The van der Waals surface area contributed by atoms with Gasteiger partial charge in [0, 0.05) is 50.2 Å². The molecule has 3 aromatic rings. The first-order valence-electron chi connectivity index (χ1n) is 11.7. The molecule has 2 aromatic carbocycles. The van der Waals surface area contributed by atoms with E-state index in [4.69, 9.17) is 4.74 Å². The Kier molecular flexibility index (Phi) is 7.86. The molecular weight excluding hydrogens is 440 g/mol. The minimum Gasteiger partial charge on any atom is -0.465 e. The van der Waals surface area contributed by atoms with Gasteiger partial charge in [0.2, 0.25) is 0 Å². The fourth-order valence-corrected chi connectivity index (χ4v) is 4.45. The zero-order chi connectivity index (χ0) is 24.6. The second-order valence-electron chi connectivity index (χ2n) is 8.68. The third-order valence-corrected chi connectivity index (χ3v) is 6.35.